The minimum absolute atomic E-state index is 0.0215. The van der Waals surface area contributed by atoms with Crippen LogP contribution >= 0.6 is 0 Å². The van der Waals surface area contributed by atoms with Crippen molar-refractivity contribution in [2.45, 2.75) is 83.8 Å². The number of nitrogens with zero attached hydrogens (tertiary/aromatic N) is 1. The van der Waals surface area contributed by atoms with Gasteiger partial charge in [0.05, 0.1) is 6.04 Å². The number of fused-ring (bicyclic) bond motifs is 1. The van der Waals surface area contributed by atoms with E-state index in [0.717, 1.165) is 12.8 Å². The molecule has 198 valence electrons. The number of ketones is 1. The van der Waals surface area contributed by atoms with Crippen molar-refractivity contribution in [3.05, 3.63) is 0 Å². The van der Waals surface area contributed by atoms with E-state index in [2.05, 4.69) is 16.0 Å². The molecule has 35 heavy (non-hydrogen) atoms. The Bertz CT molecular complexity index is 854. The van der Waals surface area contributed by atoms with Gasteiger partial charge in [-0.25, -0.2) is 13.6 Å². The number of hydrogen-bond acceptors (Lipinski definition) is 5. The van der Waals surface area contributed by atoms with E-state index >= 15 is 0 Å². The summed E-state index contributed by atoms with van der Waals surface area (Å²) in [6.07, 6.45) is -0.278. The molecule has 1 aliphatic carbocycles. The number of Topliss-reactive ketones (excluding diaryl/α,β-unsaturated/α-hetero) is 1. The highest BCUT2D eigenvalue weighted by atomic mass is 19.3. The van der Waals surface area contributed by atoms with E-state index in [1.54, 1.807) is 20.8 Å². The molecule has 1 aliphatic heterocycles. The molecule has 0 aromatic carbocycles. The molecule has 0 aromatic rings. The Labute approximate surface area is 203 Å². The maximum atomic E-state index is 13.5. The van der Waals surface area contributed by atoms with Crippen molar-refractivity contribution >= 4 is 29.6 Å². The number of nitrogens with one attached hydrogen (secondary N) is 3. The number of halogens is 2. The van der Waals surface area contributed by atoms with Gasteiger partial charge in [0.1, 0.15) is 12.1 Å². The highest BCUT2D eigenvalue weighted by molar-refractivity contribution is 6.38. The minimum atomic E-state index is -3.11. The number of carbonyl (C=O) groups is 5. The van der Waals surface area contributed by atoms with Crippen LogP contribution in [-0.4, -0.2) is 77.2 Å². The van der Waals surface area contributed by atoms with Crippen molar-refractivity contribution in [2.75, 3.05) is 13.6 Å². The highest BCUT2D eigenvalue weighted by Gasteiger charge is 2.52. The predicted octanol–water partition coefficient (Wildman–Crippen LogP) is 1.53. The zero-order valence-corrected chi connectivity index (χ0v) is 20.8. The van der Waals surface area contributed by atoms with Crippen molar-refractivity contribution < 1.29 is 37.9 Å². The van der Waals surface area contributed by atoms with Gasteiger partial charge >= 0.3 is 6.09 Å². The lowest BCUT2D eigenvalue weighted by Gasteiger charge is -2.36. The number of likely N-dealkylation sites (N-methyl/N-ethyl adjacent to an activating group) is 1. The van der Waals surface area contributed by atoms with Crippen LogP contribution in [0.15, 0.2) is 0 Å². The van der Waals surface area contributed by atoms with Crippen molar-refractivity contribution in [3.63, 3.8) is 0 Å². The Morgan fingerprint density at radius 2 is 1.69 bits per heavy atom. The van der Waals surface area contributed by atoms with E-state index in [4.69, 9.17) is 0 Å². The lowest BCUT2D eigenvalue weighted by Crippen LogP contribution is -2.59. The smallest absolute Gasteiger partial charge is 0.405 e. The van der Waals surface area contributed by atoms with E-state index in [1.807, 2.05) is 0 Å². The molecule has 4 N–H and O–H groups in total. The van der Waals surface area contributed by atoms with Crippen LogP contribution in [0.1, 0.15) is 59.8 Å². The standard InChI is InChI=1S/C23H36F2N4O6/c1-22(2,3)17(28-21(34)35)20(33)29-11-12-7-6-8-13(12)15(29)18(31)27-14(9-10-23(4,24)25)16(30)19(32)26-5/h12-15,17,28H,6-11H2,1-5H3,(H,26,32)(H,27,31)(H,34,35)/t12-,13-,14?,15-,17?/m0/s1. The monoisotopic (exact) mass is 502 g/mol. The third-order valence-electron chi connectivity index (χ3n) is 6.78. The van der Waals surface area contributed by atoms with Gasteiger partial charge in [-0.1, -0.05) is 27.2 Å². The van der Waals surface area contributed by atoms with Crippen LogP contribution in [0.3, 0.4) is 0 Å². The summed E-state index contributed by atoms with van der Waals surface area (Å²) in [6, 6.07) is -3.62. The van der Waals surface area contributed by atoms with E-state index in [-0.39, 0.29) is 18.4 Å². The van der Waals surface area contributed by atoms with Crippen LogP contribution in [-0.2, 0) is 19.2 Å². The average Bonchev–Trinajstić information content (AvgIpc) is 3.32. The zero-order chi connectivity index (χ0) is 26.7. The SMILES string of the molecule is CNC(=O)C(=O)C(CCC(C)(F)F)NC(=O)[C@@H]1[C@H]2CCC[C@H]2CN1C(=O)C(NC(=O)O)C(C)(C)C. The number of amides is 4. The number of likely N-dealkylation sites (tertiary alicyclic amines) is 1. The molecule has 0 spiro atoms. The van der Waals surface area contributed by atoms with Crippen LogP contribution in [0.5, 0.6) is 0 Å². The molecule has 0 bridgehead atoms. The molecule has 12 heteroatoms. The predicted molar refractivity (Wildman–Crippen MR) is 122 cm³/mol. The summed E-state index contributed by atoms with van der Waals surface area (Å²) in [5.41, 5.74) is -0.793. The fourth-order valence-electron chi connectivity index (χ4n) is 5.01. The van der Waals surface area contributed by atoms with E-state index in [0.29, 0.717) is 13.3 Å². The molecule has 10 nitrogen and oxygen atoms in total. The summed E-state index contributed by atoms with van der Waals surface area (Å²) in [5.74, 6) is -6.65. The van der Waals surface area contributed by atoms with E-state index in [9.17, 15) is 37.9 Å². The molecule has 2 fully saturated rings. The number of carboxylic acid groups (broad SMARTS) is 1. The Morgan fingerprint density at radius 3 is 2.20 bits per heavy atom. The van der Waals surface area contributed by atoms with Crippen molar-refractivity contribution in [2.24, 2.45) is 17.3 Å². The molecule has 0 aromatic heterocycles. The first-order valence-corrected chi connectivity index (χ1v) is 11.8. The van der Waals surface area contributed by atoms with Gasteiger partial charge in [-0.05, 0) is 43.4 Å². The van der Waals surface area contributed by atoms with Gasteiger partial charge in [0.2, 0.25) is 23.5 Å². The second-order valence-corrected chi connectivity index (χ2v) is 10.7. The molecular formula is C23H36F2N4O6. The minimum Gasteiger partial charge on any atom is -0.465 e. The Balaban J connectivity index is 2.33. The summed E-state index contributed by atoms with van der Waals surface area (Å²) < 4.78 is 27.0. The Kier molecular flexibility index (Phi) is 8.83. The number of rotatable bonds is 9. The van der Waals surface area contributed by atoms with Crippen LogP contribution < -0.4 is 16.0 Å². The van der Waals surface area contributed by atoms with Gasteiger partial charge in [-0.2, -0.15) is 0 Å². The number of alkyl halides is 2. The largest absolute Gasteiger partial charge is 0.465 e. The normalized spacial score (nSPS) is 23.7. The third-order valence-corrected chi connectivity index (χ3v) is 6.78. The first-order chi connectivity index (χ1) is 16.1. The maximum Gasteiger partial charge on any atom is 0.405 e. The van der Waals surface area contributed by atoms with Crippen LogP contribution in [0.25, 0.3) is 0 Å². The van der Waals surface area contributed by atoms with Gasteiger partial charge < -0.3 is 26.0 Å². The summed E-state index contributed by atoms with van der Waals surface area (Å²) >= 11 is 0. The lowest BCUT2D eigenvalue weighted by molar-refractivity contribution is -0.144. The Hall–Kier alpha value is -2.79. The van der Waals surface area contributed by atoms with Gasteiger partial charge in [-0.15, -0.1) is 0 Å². The van der Waals surface area contributed by atoms with Gasteiger partial charge in [0.15, 0.2) is 0 Å². The van der Waals surface area contributed by atoms with Crippen molar-refractivity contribution in [3.8, 4) is 0 Å². The summed E-state index contributed by atoms with van der Waals surface area (Å²) in [4.78, 5) is 64.1. The summed E-state index contributed by atoms with van der Waals surface area (Å²) in [7, 11) is 1.22. The molecule has 1 saturated heterocycles. The second-order valence-electron chi connectivity index (χ2n) is 10.7. The zero-order valence-electron chi connectivity index (χ0n) is 20.8. The molecule has 1 heterocycles. The van der Waals surface area contributed by atoms with Gasteiger partial charge in [-0.3, -0.25) is 19.2 Å². The van der Waals surface area contributed by atoms with Crippen LogP contribution in [0.2, 0.25) is 0 Å². The molecule has 2 unspecified atom stereocenters. The lowest BCUT2D eigenvalue weighted by atomic mass is 9.85. The highest BCUT2D eigenvalue weighted by Crippen LogP contribution is 2.43. The molecule has 0 radical (unpaired) electrons. The number of carbonyl (C=O) groups excluding carboxylic acids is 4. The summed E-state index contributed by atoms with van der Waals surface area (Å²) in [5, 5.41) is 16.1. The number of hydrogen-bond donors (Lipinski definition) is 4. The van der Waals surface area contributed by atoms with Crippen molar-refractivity contribution in [1.29, 1.82) is 0 Å². The molecule has 1 saturated carbocycles. The summed E-state index contributed by atoms with van der Waals surface area (Å²) in [6.45, 7) is 6.01. The molecule has 5 atom stereocenters. The van der Waals surface area contributed by atoms with Crippen LogP contribution in [0, 0.1) is 17.3 Å². The molecule has 2 rings (SSSR count). The third kappa shape index (κ3) is 7.11. The fraction of sp³-hybridized carbons (Fsp3) is 0.783. The quantitative estimate of drug-likeness (QED) is 0.352. The maximum absolute atomic E-state index is 13.5. The topological polar surface area (TPSA) is 145 Å². The first kappa shape index (κ1) is 28.4. The molecular weight excluding hydrogens is 466 g/mol. The van der Waals surface area contributed by atoms with E-state index in [1.165, 1.54) is 11.9 Å². The Morgan fingerprint density at radius 1 is 1.06 bits per heavy atom. The molecule has 4 amide bonds. The molecule has 2 aliphatic rings. The first-order valence-electron chi connectivity index (χ1n) is 11.8. The fourth-order valence-corrected chi connectivity index (χ4v) is 5.01. The van der Waals surface area contributed by atoms with Gasteiger partial charge in [0, 0.05) is 20.0 Å². The average molecular weight is 503 g/mol. The van der Waals surface area contributed by atoms with Crippen molar-refractivity contribution in [1.82, 2.24) is 20.9 Å². The second kappa shape index (κ2) is 10.9. The van der Waals surface area contributed by atoms with Gasteiger partial charge in [0.25, 0.3) is 5.91 Å². The van der Waals surface area contributed by atoms with Crippen LogP contribution in [0.4, 0.5) is 13.6 Å². The van der Waals surface area contributed by atoms with E-state index < -0.39 is 71.9 Å².